The van der Waals surface area contributed by atoms with Crippen molar-refractivity contribution < 1.29 is 28.7 Å². The van der Waals surface area contributed by atoms with E-state index in [-0.39, 0.29) is 23.2 Å². The lowest BCUT2D eigenvalue weighted by atomic mass is 10.1. The van der Waals surface area contributed by atoms with Crippen LogP contribution >= 0.6 is 0 Å². The smallest absolute Gasteiger partial charge is 0.338 e. The first-order chi connectivity index (χ1) is 17.3. The molecule has 1 N–H and O–H groups in total. The molecule has 1 heterocycles. The van der Waals surface area contributed by atoms with Crippen LogP contribution in [0.5, 0.6) is 5.75 Å². The minimum absolute atomic E-state index is 0.0765. The van der Waals surface area contributed by atoms with E-state index in [0.717, 1.165) is 11.1 Å². The molecule has 0 fully saturated rings. The number of imide groups is 1. The quantitative estimate of drug-likeness (QED) is 0.381. The van der Waals surface area contributed by atoms with Crippen LogP contribution in [-0.4, -0.2) is 48.3 Å². The number of methoxy groups -OCH3 is 1. The van der Waals surface area contributed by atoms with E-state index >= 15 is 0 Å². The second-order valence-electron chi connectivity index (χ2n) is 8.50. The number of carbonyl (C=O) groups excluding carboxylic acids is 4. The molecule has 0 saturated heterocycles. The number of carbonyl (C=O) groups is 4. The van der Waals surface area contributed by atoms with Crippen molar-refractivity contribution in [3.63, 3.8) is 0 Å². The van der Waals surface area contributed by atoms with Gasteiger partial charge in [-0.25, -0.2) is 4.79 Å². The summed E-state index contributed by atoms with van der Waals surface area (Å²) in [5.74, 6) is -1.69. The van der Waals surface area contributed by atoms with Gasteiger partial charge in [0.2, 0.25) is 0 Å². The molecule has 1 aliphatic heterocycles. The van der Waals surface area contributed by atoms with Gasteiger partial charge in [0.05, 0.1) is 29.5 Å². The van der Waals surface area contributed by atoms with E-state index < -0.39 is 29.8 Å². The molecule has 36 heavy (non-hydrogen) atoms. The number of hydrogen-bond donors (Lipinski definition) is 1. The first kappa shape index (κ1) is 24.7. The Morgan fingerprint density at radius 1 is 0.944 bits per heavy atom. The number of fused-ring (bicyclic) bond motifs is 1. The molecule has 4 rings (SSSR count). The highest BCUT2D eigenvalue weighted by molar-refractivity contribution is 6.22. The zero-order valence-electron chi connectivity index (χ0n) is 20.2. The van der Waals surface area contributed by atoms with Crippen molar-refractivity contribution in [1.29, 1.82) is 0 Å². The molecular formula is C28H26N2O6. The maximum atomic E-state index is 12.9. The van der Waals surface area contributed by atoms with Crippen LogP contribution < -0.4 is 10.1 Å². The summed E-state index contributed by atoms with van der Waals surface area (Å²) >= 11 is 0. The van der Waals surface area contributed by atoms with Crippen LogP contribution in [0.1, 0.15) is 49.1 Å². The second kappa shape index (κ2) is 10.4. The number of aryl methyl sites for hydroxylation is 1. The highest BCUT2D eigenvalue weighted by Gasteiger charge is 2.36. The predicted molar refractivity (Wildman–Crippen MR) is 133 cm³/mol. The summed E-state index contributed by atoms with van der Waals surface area (Å²) in [5.41, 5.74) is 2.85. The van der Waals surface area contributed by atoms with Crippen LogP contribution in [0.15, 0.2) is 66.7 Å². The predicted octanol–water partition coefficient (Wildman–Crippen LogP) is 4.03. The van der Waals surface area contributed by atoms with Crippen molar-refractivity contribution in [2.45, 2.75) is 26.4 Å². The van der Waals surface area contributed by atoms with E-state index in [2.05, 4.69) is 5.32 Å². The number of anilines is 1. The molecule has 0 aromatic heterocycles. The molecule has 0 saturated carbocycles. The molecule has 8 nitrogen and oxygen atoms in total. The minimum atomic E-state index is -1.12. The van der Waals surface area contributed by atoms with E-state index in [0.29, 0.717) is 17.9 Å². The summed E-state index contributed by atoms with van der Waals surface area (Å²) in [6.07, 6.45) is -0.588. The third-order valence-electron chi connectivity index (χ3n) is 5.94. The van der Waals surface area contributed by atoms with Crippen molar-refractivity contribution in [2.24, 2.45) is 0 Å². The van der Waals surface area contributed by atoms with Gasteiger partial charge in [-0.15, -0.1) is 0 Å². The molecule has 1 atom stereocenters. The largest absolute Gasteiger partial charge is 0.495 e. The molecule has 3 amide bonds. The molecule has 8 heteroatoms. The van der Waals surface area contributed by atoms with Gasteiger partial charge < -0.3 is 14.8 Å². The summed E-state index contributed by atoms with van der Waals surface area (Å²) in [7, 11) is 1.49. The number of benzene rings is 3. The Morgan fingerprint density at radius 2 is 1.67 bits per heavy atom. The van der Waals surface area contributed by atoms with Gasteiger partial charge in [-0.05, 0) is 61.7 Å². The molecule has 3 aromatic carbocycles. The van der Waals surface area contributed by atoms with Gasteiger partial charge in [0.15, 0.2) is 6.10 Å². The lowest BCUT2D eigenvalue weighted by Gasteiger charge is -2.16. The summed E-state index contributed by atoms with van der Waals surface area (Å²) in [6, 6.07) is 19.1. The van der Waals surface area contributed by atoms with Gasteiger partial charge in [-0.1, -0.05) is 36.4 Å². The van der Waals surface area contributed by atoms with E-state index in [4.69, 9.17) is 9.47 Å². The van der Waals surface area contributed by atoms with Crippen molar-refractivity contribution in [3.8, 4) is 5.75 Å². The fourth-order valence-corrected chi connectivity index (χ4v) is 3.94. The maximum absolute atomic E-state index is 12.9. The second-order valence-corrected chi connectivity index (χ2v) is 8.50. The zero-order chi connectivity index (χ0) is 25.8. The number of esters is 1. The molecule has 184 valence electrons. The Morgan fingerprint density at radius 3 is 2.39 bits per heavy atom. The Labute approximate surface area is 208 Å². The van der Waals surface area contributed by atoms with E-state index in [1.54, 1.807) is 12.1 Å². The Hall–Kier alpha value is -4.46. The summed E-state index contributed by atoms with van der Waals surface area (Å²) in [5, 5.41) is 2.70. The molecule has 3 aromatic rings. The van der Waals surface area contributed by atoms with E-state index in [1.807, 2.05) is 43.3 Å². The Balaban J connectivity index is 1.42. The topological polar surface area (TPSA) is 102 Å². The van der Waals surface area contributed by atoms with Gasteiger partial charge in [0.1, 0.15) is 5.75 Å². The van der Waals surface area contributed by atoms with Crippen LogP contribution in [0.3, 0.4) is 0 Å². The highest BCUT2D eigenvalue weighted by atomic mass is 16.5. The average molecular weight is 487 g/mol. The minimum Gasteiger partial charge on any atom is -0.495 e. The molecule has 1 unspecified atom stereocenters. The normalized spacial score (nSPS) is 13.2. The molecule has 0 aliphatic carbocycles. The lowest BCUT2D eigenvalue weighted by molar-refractivity contribution is -0.123. The van der Waals surface area contributed by atoms with Crippen LogP contribution in [0.2, 0.25) is 0 Å². The highest BCUT2D eigenvalue weighted by Crippen LogP contribution is 2.27. The van der Waals surface area contributed by atoms with Crippen molar-refractivity contribution in [2.75, 3.05) is 19.0 Å². The van der Waals surface area contributed by atoms with Crippen LogP contribution in [0.4, 0.5) is 5.69 Å². The van der Waals surface area contributed by atoms with Gasteiger partial charge in [-0.3, -0.25) is 19.3 Å². The first-order valence-corrected chi connectivity index (χ1v) is 11.5. The van der Waals surface area contributed by atoms with Crippen LogP contribution in [-0.2, 0) is 16.0 Å². The Kier molecular flexibility index (Phi) is 7.15. The average Bonchev–Trinajstić information content (AvgIpc) is 3.12. The lowest BCUT2D eigenvalue weighted by Crippen LogP contribution is -2.31. The van der Waals surface area contributed by atoms with Gasteiger partial charge in [0.25, 0.3) is 17.7 Å². The third-order valence-corrected chi connectivity index (χ3v) is 5.94. The summed E-state index contributed by atoms with van der Waals surface area (Å²) in [4.78, 5) is 52.2. The number of ether oxygens (including phenoxy) is 2. The van der Waals surface area contributed by atoms with Crippen molar-refractivity contribution in [1.82, 2.24) is 4.90 Å². The summed E-state index contributed by atoms with van der Waals surface area (Å²) in [6.45, 7) is 3.56. The third kappa shape index (κ3) is 5.12. The first-order valence-electron chi connectivity index (χ1n) is 11.5. The molecule has 0 spiro atoms. The summed E-state index contributed by atoms with van der Waals surface area (Å²) < 4.78 is 10.6. The van der Waals surface area contributed by atoms with Gasteiger partial charge in [-0.2, -0.15) is 0 Å². The standard InChI is InChI=1S/C28H26N2O6/c1-17-9-12-24(35-3)23(15-17)29-25(31)18(2)36-28(34)20-10-11-21-22(16-20)27(33)30(26(21)32)14-13-19-7-5-4-6-8-19/h4-12,15-16,18H,13-14H2,1-3H3,(H,29,31). The van der Waals surface area contributed by atoms with Gasteiger partial charge in [0, 0.05) is 6.54 Å². The molecular weight excluding hydrogens is 460 g/mol. The van der Waals surface area contributed by atoms with Gasteiger partial charge >= 0.3 is 5.97 Å². The molecule has 0 bridgehead atoms. The Bertz CT molecular complexity index is 1340. The van der Waals surface area contributed by atoms with E-state index in [1.165, 1.54) is 37.1 Å². The number of nitrogens with one attached hydrogen (secondary N) is 1. The van der Waals surface area contributed by atoms with Crippen molar-refractivity contribution >= 4 is 29.4 Å². The molecule has 0 radical (unpaired) electrons. The van der Waals surface area contributed by atoms with Crippen molar-refractivity contribution in [3.05, 3.63) is 94.5 Å². The number of amides is 3. The number of nitrogens with zero attached hydrogens (tertiary/aromatic N) is 1. The molecule has 1 aliphatic rings. The van der Waals surface area contributed by atoms with Crippen LogP contribution in [0.25, 0.3) is 0 Å². The van der Waals surface area contributed by atoms with E-state index in [9.17, 15) is 19.2 Å². The fraction of sp³-hybridized carbons (Fsp3) is 0.214. The SMILES string of the molecule is COc1ccc(C)cc1NC(=O)C(C)OC(=O)c1ccc2c(c1)C(=O)N(CCc1ccccc1)C2=O. The fourth-order valence-electron chi connectivity index (χ4n) is 3.94. The maximum Gasteiger partial charge on any atom is 0.338 e. The zero-order valence-corrected chi connectivity index (χ0v) is 20.2. The van der Waals surface area contributed by atoms with Crippen LogP contribution in [0, 0.1) is 6.92 Å². The monoisotopic (exact) mass is 486 g/mol. The number of hydrogen-bond acceptors (Lipinski definition) is 6. The number of rotatable bonds is 8.